The van der Waals surface area contributed by atoms with E-state index in [2.05, 4.69) is 15.2 Å². The molecule has 2 fully saturated rings. The van der Waals surface area contributed by atoms with Gasteiger partial charge in [-0.25, -0.2) is 4.98 Å². The van der Waals surface area contributed by atoms with Crippen LogP contribution in [0, 0.1) is 0 Å². The van der Waals surface area contributed by atoms with E-state index in [4.69, 9.17) is 23.2 Å². The van der Waals surface area contributed by atoms with Crippen LogP contribution in [0.5, 0.6) is 0 Å². The molecule has 0 aromatic carbocycles. The Labute approximate surface area is 128 Å². The first-order chi connectivity index (χ1) is 9.63. The number of hydrogen-bond donors (Lipinski definition) is 1. The lowest BCUT2D eigenvalue weighted by Crippen LogP contribution is -2.47. The maximum absolute atomic E-state index is 12.2. The Balaban J connectivity index is 1.62. The van der Waals surface area contributed by atoms with Gasteiger partial charge < -0.3 is 10.2 Å². The minimum absolute atomic E-state index is 0.118. The van der Waals surface area contributed by atoms with Gasteiger partial charge in [-0.15, -0.1) is 0 Å². The summed E-state index contributed by atoms with van der Waals surface area (Å²) in [4.78, 5) is 18.6. The fourth-order valence-electron chi connectivity index (χ4n) is 3.17. The average Bonchev–Trinajstić information content (AvgIpc) is 2.89. The Morgan fingerprint density at radius 3 is 3.00 bits per heavy atom. The number of pyridine rings is 1. The second-order valence-electron chi connectivity index (χ2n) is 5.52. The first kappa shape index (κ1) is 14.1. The number of carbonyl (C=O) groups excluding carboxylic acids is 1. The highest BCUT2D eigenvalue weighted by atomic mass is 35.5. The first-order valence-corrected chi connectivity index (χ1v) is 7.75. The molecule has 2 aliphatic rings. The molecule has 6 heteroatoms. The van der Waals surface area contributed by atoms with Gasteiger partial charge in [0.2, 0.25) is 0 Å². The molecular formula is C14H17Cl2N3O. The van der Waals surface area contributed by atoms with Crippen LogP contribution < -0.4 is 5.32 Å². The standard InChI is InChI=1S/C14H17Cl2N3O/c15-12-6-9(8-17-13(12)16)14(20)18-10-3-5-19-4-1-2-11(19)7-10/h6,8,10-11H,1-5,7H2,(H,18,20). The fourth-order valence-corrected chi connectivity index (χ4v) is 3.44. The van der Waals surface area contributed by atoms with Gasteiger partial charge in [0, 0.05) is 24.8 Å². The zero-order chi connectivity index (χ0) is 14.1. The summed E-state index contributed by atoms with van der Waals surface area (Å²) in [6.07, 6.45) is 6.05. The summed E-state index contributed by atoms with van der Waals surface area (Å²) in [5.41, 5.74) is 0.466. The summed E-state index contributed by atoms with van der Waals surface area (Å²) in [6, 6.07) is 2.45. The highest BCUT2D eigenvalue weighted by molar-refractivity contribution is 6.41. The van der Waals surface area contributed by atoms with Crippen molar-refractivity contribution in [1.82, 2.24) is 15.2 Å². The van der Waals surface area contributed by atoms with Gasteiger partial charge in [-0.05, 0) is 38.3 Å². The van der Waals surface area contributed by atoms with E-state index in [-0.39, 0.29) is 17.1 Å². The number of fused-ring (bicyclic) bond motifs is 1. The molecule has 3 rings (SSSR count). The quantitative estimate of drug-likeness (QED) is 0.854. The molecule has 0 radical (unpaired) electrons. The molecule has 0 spiro atoms. The molecule has 0 aliphatic carbocycles. The van der Waals surface area contributed by atoms with Crippen molar-refractivity contribution in [2.45, 2.75) is 37.8 Å². The lowest BCUT2D eigenvalue weighted by atomic mass is 9.97. The molecule has 2 atom stereocenters. The number of nitrogens with one attached hydrogen (secondary N) is 1. The van der Waals surface area contributed by atoms with E-state index in [1.165, 1.54) is 25.6 Å². The number of amides is 1. The van der Waals surface area contributed by atoms with Gasteiger partial charge in [0.05, 0.1) is 10.6 Å². The van der Waals surface area contributed by atoms with Crippen LogP contribution >= 0.6 is 23.2 Å². The SMILES string of the molecule is O=C(NC1CCN2CCCC2C1)c1cnc(Cl)c(Cl)c1. The lowest BCUT2D eigenvalue weighted by molar-refractivity contribution is 0.0896. The topological polar surface area (TPSA) is 45.2 Å². The Morgan fingerprint density at radius 2 is 2.20 bits per heavy atom. The third-order valence-electron chi connectivity index (χ3n) is 4.21. The molecule has 1 N–H and O–H groups in total. The summed E-state index contributed by atoms with van der Waals surface area (Å²) in [7, 11) is 0. The smallest absolute Gasteiger partial charge is 0.253 e. The highest BCUT2D eigenvalue weighted by Crippen LogP contribution is 2.27. The number of aromatic nitrogens is 1. The van der Waals surface area contributed by atoms with Crippen LogP contribution in [0.15, 0.2) is 12.3 Å². The fraction of sp³-hybridized carbons (Fsp3) is 0.571. The van der Waals surface area contributed by atoms with E-state index in [0.717, 1.165) is 19.4 Å². The summed E-state index contributed by atoms with van der Waals surface area (Å²) in [5, 5.41) is 3.62. The number of carbonyl (C=O) groups is 1. The van der Waals surface area contributed by atoms with E-state index >= 15 is 0 Å². The molecule has 3 heterocycles. The Kier molecular flexibility index (Phi) is 4.15. The van der Waals surface area contributed by atoms with E-state index in [1.54, 1.807) is 6.07 Å². The van der Waals surface area contributed by atoms with Crippen molar-refractivity contribution in [1.29, 1.82) is 0 Å². The lowest BCUT2D eigenvalue weighted by Gasteiger charge is -2.35. The second-order valence-corrected chi connectivity index (χ2v) is 6.29. The zero-order valence-corrected chi connectivity index (χ0v) is 12.6. The summed E-state index contributed by atoms with van der Waals surface area (Å²) < 4.78 is 0. The first-order valence-electron chi connectivity index (χ1n) is 6.99. The Morgan fingerprint density at radius 1 is 1.35 bits per heavy atom. The number of nitrogens with zero attached hydrogens (tertiary/aromatic N) is 2. The molecule has 2 aliphatic heterocycles. The van der Waals surface area contributed by atoms with Crippen molar-refractivity contribution >= 4 is 29.1 Å². The molecule has 108 valence electrons. The maximum Gasteiger partial charge on any atom is 0.253 e. The molecule has 2 saturated heterocycles. The Hall–Kier alpha value is -0.840. The van der Waals surface area contributed by atoms with Crippen molar-refractivity contribution in [3.05, 3.63) is 28.0 Å². The van der Waals surface area contributed by atoms with Crippen LogP contribution in [0.25, 0.3) is 0 Å². The predicted octanol–water partition coefficient (Wildman–Crippen LogP) is 2.75. The van der Waals surface area contributed by atoms with E-state index in [9.17, 15) is 4.79 Å². The van der Waals surface area contributed by atoms with Crippen molar-refractivity contribution < 1.29 is 4.79 Å². The molecule has 1 aromatic heterocycles. The van der Waals surface area contributed by atoms with E-state index in [1.807, 2.05) is 0 Å². The summed E-state index contributed by atoms with van der Waals surface area (Å²) in [6.45, 7) is 2.29. The monoisotopic (exact) mass is 313 g/mol. The van der Waals surface area contributed by atoms with Gasteiger partial charge in [0.1, 0.15) is 5.15 Å². The molecule has 1 aromatic rings. The van der Waals surface area contributed by atoms with Crippen LogP contribution in [0.3, 0.4) is 0 Å². The van der Waals surface area contributed by atoms with E-state index < -0.39 is 0 Å². The van der Waals surface area contributed by atoms with Gasteiger partial charge >= 0.3 is 0 Å². The number of hydrogen-bond acceptors (Lipinski definition) is 3. The molecular weight excluding hydrogens is 297 g/mol. The minimum Gasteiger partial charge on any atom is -0.349 e. The molecule has 4 nitrogen and oxygen atoms in total. The third kappa shape index (κ3) is 2.92. The maximum atomic E-state index is 12.2. The van der Waals surface area contributed by atoms with Crippen molar-refractivity contribution in [3.8, 4) is 0 Å². The van der Waals surface area contributed by atoms with Crippen LogP contribution in [0.4, 0.5) is 0 Å². The number of halogens is 2. The minimum atomic E-state index is -0.118. The van der Waals surface area contributed by atoms with Crippen LogP contribution in [0.1, 0.15) is 36.0 Å². The molecule has 2 unspecified atom stereocenters. The largest absolute Gasteiger partial charge is 0.349 e. The van der Waals surface area contributed by atoms with Gasteiger partial charge in [-0.1, -0.05) is 23.2 Å². The van der Waals surface area contributed by atoms with Crippen molar-refractivity contribution in [2.24, 2.45) is 0 Å². The average molecular weight is 314 g/mol. The van der Waals surface area contributed by atoms with Crippen molar-refractivity contribution in [3.63, 3.8) is 0 Å². The molecule has 0 bridgehead atoms. The van der Waals surface area contributed by atoms with Crippen LogP contribution in [-0.2, 0) is 0 Å². The molecule has 1 amide bonds. The predicted molar refractivity (Wildman–Crippen MR) is 79.3 cm³/mol. The third-order valence-corrected chi connectivity index (χ3v) is 4.90. The van der Waals surface area contributed by atoms with Gasteiger partial charge in [-0.2, -0.15) is 0 Å². The molecule has 20 heavy (non-hydrogen) atoms. The highest BCUT2D eigenvalue weighted by Gasteiger charge is 2.32. The normalized spacial score (nSPS) is 26.3. The summed E-state index contributed by atoms with van der Waals surface area (Å²) in [5.74, 6) is -0.118. The van der Waals surface area contributed by atoms with E-state index in [0.29, 0.717) is 16.6 Å². The Bertz CT molecular complexity index is 523. The number of piperidine rings is 1. The van der Waals surface area contributed by atoms with Crippen molar-refractivity contribution in [2.75, 3.05) is 13.1 Å². The second kappa shape index (κ2) is 5.88. The number of rotatable bonds is 2. The van der Waals surface area contributed by atoms with Crippen LogP contribution in [0.2, 0.25) is 10.2 Å². The summed E-state index contributed by atoms with van der Waals surface area (Å²) >= 11 is 11.7. The molecule has 0 saturated carbocycles. The van der Waals surface area contributed by atoms with Gasteiger partial charge in [0.15, 0.2) is 0 Å². The van der Waals surface area contributed by atoms with Crippen LogP contribution in [-0.4, -0.2) is 41.0 Å². The zero-order valence-electron chi connectivity index (χ0n) is 11.1. The van der Waals surface area contributed by atoms with Gasteiger partial charge in [0.25, 0.3) is 5.91 Å². The van der Waals surface area contributed by atoms with Gasteiger partial charge in [-0.3, -0.25) is 4.79 Å².